The van der Waals surface area contributed by atoms with Crippen LogP contribution in [0.2, 0.25) is 0 Å². The third kappa shape index (κ3) is 4.15. The summed E-state index contributed by atoms with van der Waals surface area (Å²) < 4.78 is 1.47. The normalized spacial score (nSPS) is 8.14. The second-order valence-electron chi connectivity index (χ2n) is 1.42. The molecule has 0 aromatic carbocycles. The van der Waals surface area contributed by atoms with E-state index in [2.05, 4.69) is 13.5 Å². The molecule has 0 aromatic heterocycles. The summed E-state index contributed by atoms with van der Waals surface area (Å²) in [6, 6.07) is 0. The molecule has 0 aliphatic carbocycles. The van der Waals surface area contributed by atoms with Crippen LogP contribution >= 0.6 is 0 Å². The van der Waals surface area contributed by atoms with Gasteiger partial charge in [0.25, 0.3) is 0 Å². The van der Waals surface area contributed by atoms with Crippen LogP contribution in [0.15, 0.2) is 12.7 Å². The van der Waals surface area contributed by atoms with E-state index in [1.165, 1.54) is 16.7 Å². The molecule has 0 spiro atoms. The standard InChI is InChI=1S/C6H10.W/c1-3-5-6-4-2;/h3H,1,4,6H2,2H3;. The van der Waals surface area contributed by atoms with Crippen LogP contribution in [0.5, 0.6) is 0 Å². The van der Waals surface area contributed by atoms with Crippen molar-refractivity contribution in [3.63, 3.8) is 0 Å². The van der Waals surface area contributed by atoms with Crippen molar-refractivity contribution in [3.05, 3.63) is 12.7 Å². The van der Waals surface area contributed by atoms with Gasteiger partial charge in [0.1, 0.15) is 0 Å². The molecule has 0 saturated carbocycles. The van der Waals surface area contributed by atoms with Gasteiger partial charge in [0.2, 0.25) is 0 Å². The molecule has 0 N–H and O–H groups in total. The zero-order chi connectivity index (χ0) is 5.70. The third-order valence-corrected chi connectivity index (χ3v) is 2.06. The first-order valence-corrected chi connectivity index (χ1v) is 3.93. The van der Waals surface area contributed by atoms with Gasteiger partial charge in [-0.05, 0) is 0 Å². The Kier molecular flexibility index (Phi) is 4.65. The summed E-state index contributed by atoms with van der Waals surface area (Å²) in [4.78, 5) is 0. The number of allylic oxidation sites excluding steroid dienone is 1. The zero-order valence-corrected chi connectivity index (χ0v) is 7.54. The van der Waals surface area contributed by atoms with Gasteiger partial charge in [0.05, 0.1) is 0 Å². The summed E-state index contributed by atoms with van der Waals surface area (Å²) in [5.74, 6) is 0. The minimum absolute atomic E-state index is 1.23. The molecule has 0 rings (SSSR count). The summed E-state index contributed by atoms with van der Waals surface area (Å²) in [6.45, 7) is 5.85. The molecule has 0 aromatic rings. The van der Waals surface area contributed by atoms with Crippen LogP contribution in [-0.2, 0) is 19.4 Å². The Labute approximate surface area is 56.0 Å². The van der Waals surface area contributed by atoms with Crippen molar-refractivity contribution in [3.8, 4) is 0 Å². The van der Waals surface area contributed by atoms with Crippen molar-refractivity contribution >= 4 is 3.90 Å². The Bertz CT molecular complexity index is 74.2. The monoisotopic (exact) mass is 266 g/mol. The molecular weight excluding hydrogens is 256 g/mol. The van der Waals surface area contributed by atoms with E-state index < -0.39 is 0 Å². The van der Waals surface area contributed by atoms with Crippen molar-refractivity contribution in [2.45, 2.75) is 19.8 Å². The van der Waals surface area contributed by atoms with E-state index in [9.17, 15) is 0 Å². The third-order valence-electron chi connectivity index (χ3n) is 0.724. The van der Waals surface area contributed by atoms with Crippen LogP contribution in [0.25, 0.3) is 0 Å². The predicted molar refractivity (Wildman–Crippen MR) is 30.1 cm³/mol. The Morgan fingerprint density at radius 1 is 1.86 bits per heavy atom. The first kappa shape index (κ1) is 7.30. The number of hydrogen-bond donors (Lipinski definition) is 0. The fourth-order valence-corrected chi connectivity index (χ4v) is 1.08. The van der Waals surface area contributed by atoms with Crippen LogP contribution in [0.4, 0.5) is 0 Å². The van der Waals surface area contributed by atoms with Crippen molar-refractivity contribution < 1.29 is 19.4 Å². The molecule has 40 valence electrons. The van der Waals surface area contributed by atoms with Crippen LogP contribution in [0, 0.1) is 0 Å². The molecule has 0 unspecified atom stereocenters. The van der Waals surface area contributed by atoms with Gasteiger partial charge in [-0.2, -0.15) is 0 Å². The summed E-state index contributed by atoms with van der Waals surface area (Å²) in [7, 11) is 0. The van der Waals surface area contributed by atoms with E-state index in [0.29, 0.717) is 0 Å². The predicted octanol–water partition coefficient (Wildman–Crippen LogP) is 1.69. The van der Waals surface area contributed by atoms with E-state index in [1.807, 2.05) is 6.08 Å². The molecule has 0 aliphatic rings. The molecule has 0 radical (unpaired) electrons. The van der Waals surface area contributed by atoms with E-state index in [-0.39, 0.29) is 0 Å². The van der Waals surface area contributed by atoms with Gasteiger partial charge in [0, 0.05) is 0 Å². The molecule has 7 heavy (non-hydrogen) atoms. The Morgan fingerprint density at radius 3 is 2.57 bits per heavy atom. The van der Waals surface area contributed by atoms with Crippen LogP contribution < -0.4 is 0 Å². The van der Waals surface area contributed by atoms with Gasteiger partial charge >= 0.3 is 55.7 Å². The second kappa shape index (κ2) is 4.46. The fourth-order valence-electron chi connectivity index (χ4n) is 0.348. The van der Waals surface area contributed by atoms with Crippen molar-refractivity contribution in [1.82, 2.24) is 0 Å². The Morgan fingerprint density at radius 2 is 2.43 bits per heavy atom. The average Bonchev–Trinajstić information content (AvgIpc) is 1.68. The molecular formula is C6H10W. The molecule has 0 aliphatic heterocycles. The SMILES string of the molecule is C=C[C](=[W])CCC. The first-order chi connectivity index (χ1) is 3.31. The summed E-state index contributed by atoms with van der Waals surface area (Å²) >= 11 is 1.56. The number of hydrogen-bond acceptors (Lipinski definition) is 0. The van der Waals surface area contributed by atoms with Crippen molar-refractivity contribution in [1.29, 1.82) is 0 Å². The van der Waals surface area contributed by atoms with Crippen molar-refractivity contribution in [2.24, 2.45) is 0 Å². The van der Waals surface area contributed by atoms with E-state index >= 15 is 0 Å². The van der Waals surface area contributed by atoms with Crippen LogP contribution in [0.3, 0.4) is 0 Å². The van der Waals surface area contributed by atoms with Gasteiger partial charge in [-0.3, -0.25) is 0 Å². The van der Waals surface area contributed by atoms with Gasteiger partial charge in [0.15, 0.2) is 0 Å². The zero-order valence-electron chi connectivity index (χ0n) is 4.61. The molecule has 0 atom stereocenters. The molecule has 0 saturated heterocycles. The van der Waals surface area contributed by atoms with Crippen LogP contribution in [0.1, 0.15) is 19.8 Å². The number of rotatable bonds is 3. The summed E-state index contributed by atoms with van der Waals surface area (Å²) in [5, 5.41) is 0. The van der Waals surface area contributed by atoms with Crippen molar-refractivity contribution in [2.75, 3.05) is 0 Å². The fraction of sp³-hybridized carbons (Fsp3) is 0.500. The molecule has 0 amide bonds. The molecule has 1 heteroatoms. The summed E-state index contributed by atoms with van der Waals surface area (Å²) in [6.07, 6.45) is 4.45. The minimum atomic E-state index is 1.23. The molecule has 0 fully saturated rings. The first-order valence-electron chi connectivity index (χ1n) is 2.46. The maximum atomic E-state index is 3.66. The molecule has 0 bridgehead atoms. The topological polar surface area (TPSA) is 0 Å². The average molecular weight is 266 g/mol. The Hall–Kier alpha value is 0.298. The van der Waals surface area contributed by atoms with Gasteiger partial charge in [-0.25, -0.2) is 0 Å². The van der Waals surface area contributed by atoms with E-state index in [0.717, 1.165) is 0 Å². The van der Waals surface area contributed by atoms with E-state index in [1.54, 1.807) is 19.4 Å². The molecule has 0 heterocycles. The molecule has 0 nitrogen and oxygen atoms in total. The maximum absolute atomic E-state index is 3.66. The van der Waals surface area contributed by atoms with Gasteiger partial charge in [-0.15, -0.1) is 0 Å². The van der Waals surface area contributed by atoms with Gasteiger partial charge in [-0.1, -0.05) is 0 Å². The quantitative estimate of drug-likeness (QED) is 0.729. The summed E-state index contributed by atoms with van der Waals surface area (Å²) in [5.41, 5.74) is 0. The van der Waals surface area contributed by atoms with Gasteiger partial charge < -0.3 is 0 Å². The van der Waals surface area contributed by atoms with Crippen LogP contribution in [-0.4, -0.2) is 3.90 Å². The van der Waals surface area contributed by atoms with E-state index in [4.69, 9.17) is 0 Å². The Balaban J connectivity index is 3.17. The second-order valence-corrected chi connectivity index (χ2v) is 3.30.